The summed E-state index contributed by atoms with van der Waals surface area (Å²) in [6.07, 6.45) is 5.99. The maximum atomic E-state index is 9.63. The van der Waals surface area contributed by atoms with Gasteiger partial charge in [-0.2, -0.15) is 5.26 Å². The third-order valence-corrected chi connectivity index (χ3v) is 3.73. The number of hydrogen-bond donors (Lipinski definition) is 2. The van der Waals surface area contributed by atoms with E-state index in [0.717, 1.165) is 19.3 Å². The topological polar surface area (TPSA) is 56.0 Å². The molecule has 92 valence electrons. The van der Waals surface area contributed by atoms with Crippen LogP contribution in [0.25, 0.3) is 0 Å². The summed E-state index contributed by atoms with van der Waals surface area (Å²) in [7, 11) is 0. The first-order valence-corrected chi connectivity index (χ1v) is 6.41. The van der Waals surface area contributed by atoms with E-state index in [1.165, 1.54) is 12.8 Å². The van der Waals surface area contributed by atoms with Crippen molar-refractivity contribution in [2.24, 2.45) is 5.92 Å². The zero-order valence-corrected chi connectivity index (χ0v) is 10.5. The van der Waals surface area contributed by atoms with Crippen LogP contribution in [0.3, 0.4) is 0 Å². The molecule has 1 fully saturated rings. The van der Waals surface area contributed by atoms with Gasteiger partial charge in [0.1, 0.15) is 0 Å². The molecule has 3 unspecified atom stereocenters. The molecule has 0 aromatic rings. The highest BCUT2D eigenvalue weighted by Crippen LogP contribution is 2.32. The van der Waals surface area contributed by atoms with E-state index in [1.807, 2.05) is 0 Å². The molecule has 0 heterocycles. The van der Waals surface area contributed by atoms with Crippen LogP contribution < -0.4 is 5.32 Å². The molecule has 3 heteroatoms. The number of nitriles is 1. The van der Waals surface area contributed by atoms with Crippen molar-refractivity contribution in [1.82, 2.24) is 5.32 Å². The molecule has 0 radical (unpaired) electrons. The van der Waals surface area contributed by atoms with Crippen LogP contribution in [-0.4, -0.2) is 23.3 Å². The summed E-state index contributed by atoms with van der Waals surface area (Å²) in [6.45, 7) is 4.53. The Morgan fingerprint density at radius 3 is 2.88 bits per heavy atom. The Labute approximate surface area is 98.8 Å². The van der Waals surface area contributed by atoms with Crippen molar-refractivity contribution in [2.45, 2.75) is 64.0 Å². The maximum absolute atomic E-state index is 9.63. The molecule has 0 saturated heterocycles. The fraction of sp³-hybridized carbons (Fsp3) is 0.923. The van der Waals surface area contributed by atoms with E-state index in [2.05, 4.69) is 25.2 Å². The van der Waals surface area contributed by atoms with Crippen LogP contribution in [0.1, 0.15) is 52.4 Å². The molecule has 0 spiro atoms. The molecule has 1 rings (SSSR count). The average Bonchev–Trinajstić information content (AvgIpc) is 2.28. The van der Waals surface area contributed by atoms with E-state index in [9.17, 15) is 5.11 Å². The second-order valence-corrected chi connectivity index (χ2v) is 5.25. The van der Waals surface area contributed by atoms with Gasteiger partial charge in [0.15, 0.2) is 0 Å². The fourth-order valence-corrected chi connectivity index (χ4v) is 2.82. The Hall–Kier alpha value is -0.590. The summed E-state index contributed by atoms with van der Waals surface area (Å²) in [5, 5.41) is 21.9. The first-order valence-electron chi connectivity index (χ1n) is 6.41. The van der Waals surface area contributed by atoms with Gasteiger partial charge in [0.25, 0.3) is 0 Å². The summed E-state index contributed by atoms with van der Waals surface area (Å²) >= 11 is 0. The summed E-state index contributed by atoms with van der Waals surface area (Å²) in [4.78, 5) is 0. The average molecular weight is 224 g/mol. The molecule has 3 nitrogen and oxygen atoms in total. The van der Waals surface area contributed by atoms with Crippen molar-refractivity contribution in [3.8, 4) is 6.07 Å². The highest BCUT2D eigenvalue weighted by molar-refractivity contribution is 4.96. The van der Waals surface area contributed by atoms with E-state index in [4.69, 9.17) is 5.26 Å². The molecule has 1 aliphatic rings. The molecule has 0 bridgehead atoms. The molecule has 0 aliphatic heterocycles. The first kappa shape index (κ1) is 13.5. The molecular formula is C13H24N2O. The summed E-state index contributed by atoms with van der Waals surface area (Å²) in [5.74, 6) is 0.674. The smallest absolute Gasteiger partial charge is 0.0638 e. The van der Waals surface area contributed by atoms with Gasteiger partial charge in [-0.3, -0.25) is 0 Å². The Kier molecular flexibility index (Phi) is 5.24. The van der Waals surface area contributed by atoms with Crippen LogP contribution in [0.2, 0.25) is 0 Å². The lowest BCUT2D eigenvalue weighted by Gasteiger charge is -2.41. The van der Waals surface area contributed by atoms with E-state index in [1.54, 1.807) is 0 Å². The van der Waals surface area contributed by atoms with Crippen LogP contribution in [-0.2, 0) is 0 Å². The van der Waals surface area contributed by atoms with E-state index in [0.29, 0.717) is 12.3 Å². The lowest BCUT2D eigenvalue weighted by Crippen LogP contribution is -2.55. The number of rotatable bonds is 5. The van der Waals surface area contributed by atoms with Gasteiger partial charge in [-0.1, -0.05) is 26.7 Å². The minimum atomic E-state index is -0.130. The predicted molar refractivity (Wildman–Crippen MR) is 64.9 cm³/mol. The molecule has 0 aromatic carbocycles. The van der Waals surface area contributed by atoms with Crippen LogP contribution in [0.4, 0.5) is 0 Å². The van der Waals surface area contributed by atoms with Crippen molar-refractivity contribution >= 4 is 0 Å². The molecule has 3 atom stereocenters. The summed E-state index contributed by atoms with van der Waals surface area (Å²) in [5.41, 5.74) is -0.130. The normalized spacial score (nSPS) is 32.0. The van der Waals surface area contributed by atoms with Crippen LogP contribution in [0.15, 0.2) is 0 Å². The van der Waals surface area contributed by atoms with E-state index in [-0.39, 0.29) is 18.2 Å². The van der Waals surface area contributed by atoms with E-state index >= 15 is 0 Å². The second kappa shape index (κ2) is 6.22. The molecule has 2 N–H and O–H groups in total. The van der Waals surface area contributed by atoms with Crippen LogP contribution >= 0.6 is 0 Å². The number of nitrogens with one attached hydrogen (secondary N) is 1. The molecule has 0 amide bonds. The lowest BCUT2D eigenvalue weighted by molar-refractivity contribution is 0.0880. The Balaban J connectivity index is 2.61. The summed E-state index contributed by atoms with van der Waals surface area (Å²) < 4.78 is 0. The number of aliphatic hydroxyl groups is 1. The predicted octanol–water partition coefficient (Wildman–Crippen LogP) is 2.21. The van der Waals surface area contributed by atoms with Gasteiger partial charge in [-0.05, 0) is 25.2 Å². The zero-order valence-electron chi connectivity index (χ0n) is 10.5. The van der Waals surface area contributed by atoms with Gasteiger partial charge in [0.05, 0.1) is 19.1 Å². The Morgan fingerprint density at radius 2 is 2.38 bits per heavy atom. The van der Waals surface area contributed by atoms with Crippen molar-refractivity contribution in [3.63, 3.8) is 0 Å². The number of nitrogens with zero attached hydrogens (tertiary/aromatic N) is 1. The Morgan fingerprint density at radius 1 is 1.62 bits per heavy atom. The van der Waals surface area contributed by atoms with Crippen molar-refractivity contribution in [1.29, 1.82) is 5.26 Å². The van der Waals surface area contributed by atoms with Gasteiger partial charge in [-0.15, -0.1) is 0 Å². The quantitative estimate of drug-likeness (QED) is 0.752. The molecule has 1 aliphatic carbocycles. The van der Waals surface area contributed by atoms with Crippen molar-refractivity contribution in [3.05, 3.63) is 0 Å². The second-order valence-electron chi connectivity index (χ2n) is 5.25. The zero-order chi connectivity index (χ0) is 12.0. The highest BCUT2D eigenvalue weighted by Gasteiger charge is 2.35. The van der Waals surface area contributed by atoms with Crippen LogP contribution in [0.5, 0.6) is 0 Å². The maximum Gasteiger partial charge on any atom is 0.0638 e. The van der Waals surface area contributed by atoms with Gasteiger partial charge in [-0.25, -0.2) is 0 Å². The number of aliphatic hydroxyl groups excluding tert-OH is 1. The summed E-state index contributed by atoms with van der Waals surface area (Å²) in [6, 6.07) is 2.44. The third kappa shape index (κ3) is 3.47. The third-order valence-electron chi connectivity index (χ3n) is 3.73. The van der Waals surface area contributed by atoms with Gasteiger partial charge in [0, 0.05) is 11.6 Å². The van der Waals surface area contributed by atoms with Crippen molar-refractivity contribution in [2.75, 3.05) is 6.61 Å². The van der Waals surface area contributed by atoms with Crippen LogP contribution in [0, 0.1) is 17.2 Å². The molecule has 1 saturated carbocycles. The molecular weight excluding hydrogens is 200 g/mol. The molecule has 16 heavy (non-hydrogen) atoms. The minimum absolute atomic E-state index is 0.130. The SMILES string of the molecule is CCC(CC#N)NC1(CO)CCCC(C)C1. The highest BCUT2D eigenvalue weighted by atomic mass is 16.3. The van der Waals surface area contributed by atoms with Crippen molar-refractivity contribution < 1.29 is 5.11 Å². The largest absolute Gasteiger partial charge is 0.394 e. The van der Waals surface area contributed by atoms with E-state index < -0.39 is 0 Å². The lowest BCUT2D eigenvalue weighted by atomic mass is 9.76. The first-order chi connectivity index (χ1) is 7.65. The van der Waals surface area contributed by atoms with Gasteiger partial charge >= 0.3 is 0 Å². The van der Waals surface area contributed by atoms with Gasteiger partial charge in [0.2, 0.25) is 0 Å². The number of hydrogen-bond acceptors (Lipinski definition) is 3. The fourth-order valence-electron chi connectivity index (χ4n) is 2.82. The van der Waals surface area contributed by atoms with Gasteiger partial charge < -0.3 is 10.4 Å². The minimum Gasteiger partial charge on any atom is -0.394 e. The molecule has 0 aromatic heterocycles. The monoisotopic (exact) mass is 224 g/mol. The Bertz CT molecular complexity index is 249. The standard InChI is InChI=1S/C13H24N2O/c1-3-12(6-8-14)15-13(10-16)7-4-5-11(2)9-13/h11-12,15-16H,3-7,9-10H2,1-2H3.